The molecule has 43 heavy (non-hydrogen) atoms. The molecule has 0 spiro atoms. The molecule has 4 heterocycles. The third kappa shape index (κ3) is 14.1. The normalized spacial score (nSPS) is 28.3. The fourth-order valence-corrected chi connectivity index (χ4v) is 6.08. The zero-order valence-corrected chi connectivity index (χ0v) is 27.9. The van der Waals surface area contributed by atoms with E-state index in [0.29, 0.717) is 25.4 Å². The van der Waals surface area contributed by atoms with Crippen molar-refractivity contribution in [2.75, 3.05) is 65.4 Å². The highest BCUT2D eigenvalue weighted by Gasteiger charge is 2.32. The van der Waals surface area contributed by atoms with E-state index in [2.05, 4.69) is 37.5 Å². The second-order valence-electron chi connectivity index (χ2n) is 13.8. The molecule has 0 aromatic heterocycles. The average molecular weight is 617 g/mol. The quantitative estimate of drug-likeness (QED) is 0.408. The van der Waals surface area contributed by atoms with E-state index in [1.54, 1.807) is 4.90 Å². The highest BCUT2D eigenvalue weighted by Crippen LogP contribution is 2.24. The molecule has 252 valence electrons. The Bertz CT molecular complexity index is 773. The standard InChI is InChI=1S/C16H29FN2O2.C13H23FN2O2.C4H10/c1-12(2)16(21)19-9-4-13(5-10-19)3-7-18-8-6-15(20)14(17)11-18;1-2-15-8-5-13(12(14)9-15)18-11-3-6-16(10-17)7-4-11;1-4(2)3/h12-15,20H,3-11H2,1-2H3;10-13H,2-9H2,1H3;4H,1-3H3. The molecule has 2 amide bonds. The Morgan fingerprint density at radius 2 is 1.44 bits per heavy atom. The van der Waals surface area contributed by atoms with Crippen molar-refractivity contribution in [3.05, 3.63) is 0 Å². The summed E-state index contributed by atoms with van der Waals surface area (Å²) in [5.74, 6) is 1.83. The lowest BCUT2D eigenvalue weighted by molar-refractivity contribution is -0.135. The van der Waals surface area contributed by atoms with Gasteiger partial charge in [-0.05, 0) is 69.9 Å². The van der Waals surface area contributed by atoms with Gasteiger partial charge in [0.2, 0.25) is 12.3 Å². The van der Waals surface area contributed by atoms with Crippen molar-refractivity contribution in [2.45, 2.75) is 117 Å². The summed E-state index contributed by atoms with van der Waals surface area (Å²) in [7, 11) is 0. The predicted octanol–water partition coefficient (Wildman–Crippen LogP) is 4.39. The molecule has 4 saturated heterocycles. The van der Waals surface area contributed by atoms with Gasteiger partial charge in [-0.3, -0.25) is 9.59 Å². The number of nitrogens with zero attached hydrogens (tertiary/aromatic N) is 4. The first-order chi connectivity index (χ1) is 20.4. The molecule has 4 aliphatic heterocycles. The van der Waals surface area contributed by atoms with E-state index in [9.17, 15) is 23.5 Å². The van der Waals surface area contributed by atoms with Gasteiger partial charge in [-0.2, -0.15) is 0 Å². The molecule has 10 heteroatoms. The summed E-state index contributed by atoms with van der Waals surface area (Å²) in [5, 5.41) is 9.40. The highest BCUT2D eigenvalue weighted by atomic mass is 19.1. The van der Waals surface area contributed by atoms with Crippen LogP contribution in [0.15, 0.2) is 0 Å². The number of halogens is 2. The van der Waals surface area contributed by atoms with E-state index in [4.69, 9.17) is 4.74 Å². The first-order valence-corrected chi connectivity index (χ1v) is 17.0. The third-order valence-corrected chi connectivity index (χ3v) is 8.87. The number of ether oxygens (including phenoxy) is 1. The maximum Gasteiger partial charge on any atom is 0.225 e. The number of alkyl halides is 2. The monoisotopic (exact) mass is 616 g/mol. The van der Waals surface area contributed by atoms with Crippen LogP contribution in [-0.4, -0.2) is 133 Å². The fourth-order valence-electron chi connectivity index (χ4n) is 6.08. The van der Waals surface area contributed by atoms with Gasteiger partial charge in [-0.15, -0.1) is 0 Å². The minimum Gasteiger partial charge on any atom is -0.390 e. The number of rotatable bonds is 8. The SMILES string of the molecule is CC(C)C.CC(C)C(=O)N1CCC(CCN2CCC(O)C(F)C2)CC1.CCN1CCC(OC2CCN(C=O)CC2)C(F)C1. The molecule has 0 aromatic carbocycles. The summed E-state index contributed by atoms with van der Waals surface area (Å²) in [6, 6.07) is 0. The van der Waals surface area contributed by atoms with Crippen LogP contribution >= 0.6 is 0 Å². The van der Waals surface area contributed by atoms with Crippen molar-refractivity contribution in [3.8, 4) is 0 Å². The number of carbonyl (C=O) groups is 2. The Morgan fingerprint density at radius 1 is 0.860 bits per heavy atom. The molecule has 0 aliphatic carbocycles. The van der Waals surface area contributed by atoms with Gasteiger partial charge >= 0.3 is 0 Å². The van der Waals surface area contributed by atoms with Crippen molar-refractivity contribution in [3.63, 3.8) is 0 Å². The van der Waals surface area contributed by atoms with Crippen LogP contribution in [0.25, 0.3) is 0 Å². The van der Waals surface area contributed by atoms with E-state index in [1.807, 2.05) is 18.7 Å². The van der Waals surface area contributed by atoms with Crippen molar-refractivity contribution >= 4 is 12.3 Å². The molecule has 4 aliphatic rings. The lowest BCUT2D eigenvalue weighted by Gasteiger charge is -2.37. The summed E-state index contributed by atoms with van der Waals surface area (Å²) in [4.78, 5) is 30.5. The zero-order valence-electron chi connectivity index (χ0n) is 27.9. The van der Waals surface area contributed by atoms with Gasteiger partial charge in [0.25, 0.3) is 0 Å². The Balaban J connectivity index is 0.000000269. The fraction of sp³-hybridized carbons (Fsp3) is 0.939. The number of likely N-dealkylation sites (tertiary alicyclic amines) is 4. The van der Waals surface area contributed by atoms with Crippen LogP contribution in [0.1, 0.15) is 86.5 Å². The number of hydrogen-bond acceptors (Lipinski definition) is 6. The smallest absolute Gasteiger partial charge is 0.225 e. The Hall–Kier alpha value is -1.36. The molecule has 4 fully saturated rings. The Kier molecular flexibility index (Phi) is 17.5. The van der Waals surface area contributed by atoms with Crippen molar-refractivity contribution in [1.29, 1.82) is 0 Å². The van der Waals surface area contributed by atoms with Crippen LogP contribution in [0.5, 0.6) is 0 Å². The van der Waals surface area contributed by atoms with Gasteiger partial charge in [0, 0.05) is 58.3 Å². The van der Waals surface area contributed by atoms with Gasteiger partial charge in [-0.25, -0.2) is 8.78 Å². The minimum atomic E-state index is -1.09. The molecule has 0 aromatic rings. The number of amides is 2. The molecule has 4 rings (SSSR count). The van der Waals surface area contributed by atoms with Crippen LogP contribution in [0.2, 0.25) is 0 Å². The average Bonchev–Trinajstić information content (AvgIpc) is 2.99. The van der Waals surface area contributed by atoms with Crippen molar-refractivity contribution in [2.24, 2.45) is 17.8 Å². The highest BCUT2D eigenvalue weighted by molar-refractivity contribution is 5.78. The Morgan fingerprint density at radius 3 is 1.95 bits per heavy atom. The lowest BCUT2D eigenvalue weighted by atomic mass is 9.92. The third-order valence-electron chi connectivity index (χ3n) is 8.87. The summed E-state index contributed by atoms with van der Waals surface area (Å²) in [6.45, 7) is 20.1. The van der Waals surface area contributed by atoms with Gasteiger partial charge in [-0.1, -0.05) is 41.5 Å². The molecule has 1 N–H and O–H groups in total. The molecule has 0 bridgehead atoms. The predicted molar refractivity (Wildman–Crippen MR) is 168 cm³/mol. The number of aliphatic hydroxyl groups is 1. The molecule has 8 nitrogen and oxygen atoms in total. The second-order valence-corrected chi connectivity index (χ2v) is 13.8. The van der Waals surface area contributed by atoms with Gasteiger partial charge < -0.3 is 29.4 Å². The Labute approximate surface area is 260 Å². The lowest BCUT2D eigenvalue weighted by Crippen LogP contribution is -2.48. The van der Waals surface area contributed by atoms with Gasteiger partial charge in [0.05, 0.1) is 18.3 Å². The molecule has 4 atom stereocenters. The van der Waals surface area contributed by atoms with Crippen LogP contribution in [0, 0.1) is 17.8 Å². The second kappa shape index (κ2) is 19.9. The number of aliphatic hydroxyl groups excluding tert-OH is 1. The molecule has 4 unspecified atom stereocenters. The number of carbonyl (C=O) groups excluding carboxylic acids is 2. The maximum atomic E-state index is 13.9. The summed E-state index contributed by atoms with van der Waals surface area (Å²) in [5.41, 5.74) is 0. The molecular weight excluding hydrogens is 554 g/mol. The maximum absolute atomic E-state index is 13.9. The largest absolute Gasteiger partial charge is 0.390 e. The summed E-state index contributed by atoms with van der Waals surface area (Å²) in [6.07, 6.45) is 4.21. The molecular formula is C33H62F2N4O4. The van der Waals surface area contributed by atoms with Crippen LogP contribution in [0.3, 0.4) is 0 Å². The van der Waals surface area contributed by atoms with Crippen LogP contribution in [0.4, 0.5) is 8.78 Å². The van der Waals surface area contributed by atoms with Crippen molar-refractivity contribution in [1.82, 2.24) is 19.6 Å². The summed E-state index contributed by atoms with van der Waals surface area (Å²) < 4.78 is 33.3. The zero-order chi connectivity index (χ0) is 31.9. The van der Waals surface area contributed by atoms with E-state index < -0.39 is 18.4 Å². The van der Waals surface area contributed by atoms with E-state index in [0.717, 1.165) is 103 Å². The number of piperidine rings is 4. The van der Waals surface area contributed by atoms with Gasteiger partial charge in [0.1, 0.15) is 12.3 Å². The van der Waals surface area contributed by atoms with E-state index in [1.165, 1.54) is 0 Å². The molecule has 0 saturated carbocycles. The molecule has 0 radical (unpaired) electrons. The van der Waals surface area contributed by atoms with Crippen LogP contribution in [-0.2, 0) is 14.3 Å². The van der Waals surface area contributed by atoms with E-state index >= 15 is 0 Å². The topological polar surface area (TPSA) is 76.6 Å². The summed E-state index contributed by atoms with van der Waals surface area (Å²) >= 11 is 0. The first kappa shape index (κ1) is 37.8. The van der Waals surface area contributed by atoms with Crippen molar-refractivity contribution < 1.29 is 28.2 Å². The van der Waals surface area contributed by atoms with Gasteiger partial charge in [0.15, 0.2) is 0 Å². The minimum absolute atomic E-state index is 0.0859. The van der Waals surface area contributed by atoms with E-state index in [-0.39, 0.29) is 24.0 Å². The first-order valence-electron chi connectivity index (χ1n) is 17.0. The number of hydrogen-bond donors (Lipinski definition) is 1. The van der Waals surface area contributed by atoms with Crippen LogP contribution < -0.4 is 0 Å².